The Morgan fingerprint density at radius 2 is 1.40 bits per heavy atom. The monoisotopic (exact) mass is 792 g/mol. The number of aliphatic hydroxyl groups is 2. The number of hydrogen-bond acceptors (Lipinski definition) is 7. The van der Waals surface area contributed by atoms with E-state index in [2.05, 4.69) is 63.8 Å². The number of aryl methyl sites for hydroxylation is 2. The molecule has 0 spiro atoms. The molecule has 0 radical (unpaired) electrons. The van der Waals surface area contributed by atoms with Crippen molar-refractivity contribution in [1.29, 1.82) is 0 Å². The van der Waals surface area contributed by atoms with Gasteiger partial charge in [0.05, 0.1) is 19.8 Å². The summed E-state index contributed by atoms with van der Waals surface area (Å²) < 4.78 is 19.7. The number of benzene rings is 1. The zero-order valence-corrected chi connectivity index (χ0v) is 38.0. The van der Waals surface area contributed by atoms with Crippen LogP contribution in [-0.4, -0.2) is 79.0 Å². The molecule has 322 valence electrons. The van der Waals surface area contributed by atoms with Crippen LogP contribution in [0.1, 0.15) is 187 Å². The lowest BCUT2D eigenvalue weighted by molar-refractivity contribution is -0.0867. The third-order valence-corrected chi connectivity index (χ3v) is 11.2. The summed E-state index contributed by atoms with van der Waals surface area (Å²) in [5.41, 5.74) is 2.35. The van der Waals surface area contributed by atoms with Gasteiger partial charge in [0.1, 0.15) is 17.1 Å². The Hall–Kier alpha value is -1.25. The van der Waals surface area contributed by atoms with Gasteiger partial charge in [-0.3, -0.25) is 4.90 Å². The molecule has 0 amide bonds. The summed E-state index contributed by atoms with van der Waals surface area (Å²) in [6.07, 6.45) is 37.7. The van der Waals surface area contributed by atoms with Gasteiger partial charge in [-0.1, -0.05) is 110 Å². The second-order valence-corrected chi connectivity index (χ2v) is 17.4. The quantitative estimate of drug-likeness (QED) is 0.0409. The number of fused-ring (bicyclic) bond motifs is 1. The van der Waals surface area contributed by atoms with Crippen LogP contribution in [0.3, 0.4) is 0 Å². The van der Waals surface area contributed by atoms with Crippen LogP contribution in [0.15, 0.2) is 24.3 Å². The molecule has 0 aliphatic carbocycles. The van der Waals surface area contributed by atoms with E-state index < -0.39 is 0 Å². The van der Waals surface area contributed by atoms with E-state index in [0.29, 0.717) is 19.7 Å². The van der Waals surface area contributed by atoms with Gasteiger partial charge in [0.15, 0.2) is 6.29 Å². The SMILES string of the molecule is CCCCCCCC/C=C\CCCCCCCC(OCCCCCCN(CCO)CCO)Oc1cc(C)c2c(c1)CCC(C)(CCCC(C)CC)O2.CSC. The Labute approximate surface area is 345 Å². The number of ether oxygens (including phenoxy) is 3. The third kappa shape index (κ3) is 26.4. The summed E-state index contributed by atoms with van der Waals surface area (Å²) in [5.74, 6) is 2.76. The molecular weight excluding hydrogens is 703 g/mol. The fraction of sp³-hybridized carbons (Fsp3) is 0.833. The summed E-state index contributed by atoms with van der Waals surface area (Å²) in [5, 5.41) is 18.5. The van der Waals surface area contributed by atoms with Gasteiger partial charge in [-0.2, -0.15) is 11.8 Å². The highest BCUT2D eigenvalue weighted by Gasteiger charge is 2.32. The maximum Gasteiger partial charge on any atom is 0.199 e. The molecule has 2 N–H and O–H groups in total. The van der Waals surface area contributed by atoms with Gasteiger partial charge in [0.2, 0.25) is 0 Å². The summed E-state index contributed by atoms with van der Waals surface area (Å²) in [7, 11) is 0. The highest BCUT2D eigenvalue weighted by Crippen LogP contribution is 2.40. The van der Waals surface area contributed by atoms with Gasteiger partial charge in [-0.15, -0.1) is 0 Å². The van der Waals surface area contributed by atoms with Crippen LogP contribution in [0.4, 0.5) is 0 Å². The van der Waals surface area contributed by atoms with Crippen LogP contribution < -0.4 is 9.47 Å². The van der Waals surface area contributed by atoms with Crippen molar-refractivity contribution < 1.29 is 24.4 Å². The van der Waals surface area contributed by atoms with E-state index >= 15 is 0 Å². The van der Waals surface area contributed by atoms with Crippen LogP contribution >= 0.6 is 11.8 Å². The van der Waals surface area contributed by atoms with Gasteiger partial charge in [0, 0.05) is 19.5 Å². The maximum absolute atomic E-state index is 9.26. The first kappa shape index (κ1) is 51.8. The Balaban J connectivity index is 0.00000487. The zero-order valence-electron chi connectivity index (χ0n) is 37.2. The lowest BCUT2D eigenvalue weighted by Crippen LogP contribution is -2.36. The van der Waals surface area contributed by atoms with Crippen molar-refractivity contribution >= 4 is 11.8 Å². The molecule has 1 aliphatic heterocycles. The Bertz CT molecular complexity index is 1050. The molecule has 3 atom stereocenters. The molecule has 3 unspecified atom stereocenters. The number of rotatable bonds is 34. The number of hydrogen-bond donors (Lipinski definition) is 2. The van der Waals surface area contributed by atoms with Crippen LogP contribution in [0.5, 0.6) is 11.5 Å². The minimum atomic E-state index is -0.234. The third-order valence-electron chi connectivity index (χ3n) is 11.2. The van der Waals surface area contributed by atoms with Crippen molar-refractivity contribution in [3.8, 4) is 11.5 Å². The standard InChI is InChI=1S/C46H83NO5.C2H6S/c1-6-8-9-10-11-12-13-14-15-16-17-18-19-20-23-28-44(50-37-25-22-21-24-32-47(33-35-48)34-36-49)51-43-38-41(4)45-42(39-43)29-31-46(5,52-45)30-26-27-40(3)7-2;1-3-2/h14-15,38-40,44,48-49H,6-13,16-37H2,1-5H3;1-2H3/b15-14-;. The predicted octanol–water partition coefficient (Wildman–Crippen LogP) is 12.9. The second-order valence-electron chi connectivity index (χ2n) is 16.6. The lowest BCUT2D eigenvalue weighted by Gasteiger charge is -2.37. The first-order chi connectivity index (χ1) is 26.7. The lowest BCUT2D eigenvalue weighted by atomic mass is 9.86. The number of allylic oxidation sites excluding steroid dienone is 2. The highest BCUT2D eigenvalue weighted by molar-refractivity contribution is 7.97. The molecule has 0 saturated heterocycles. The van der Waals surface area contributed by atoms with E-state index in [4.69, 9.17) is 14.2 Å². The molecule has 7 heteroatoms. The van der Waals surface area contributed by atoms with Gasteiger partial charge in [0.25, 0.3) is 0 Å². The maximum atomic E-state index is 9.26. The molecule has 0 bridgehead atoms. The molecule has 1 heterocycles. The summed E-state index contributed by atoms with van der Waals surface area (Å²) in [6, 6.07) is 4.37. The zero-order chi connectivity index (χ0) is 40.4. The predicted molar refractivity (Wildman–Crippen MR) is 240 cm³/mol. The van der Waals surface area contributed by atoms with Crippen molar-refractivity contribution in [2.24, 2.45) is 5.92 Å². The first-order valence-corrected chi connectivity index (χ1v) is 24.5. The molecule has 0 aromatic heterocycles. The summed E-state index contributed by atoms with van der Waals surface area (Å²) in [6.45, 7) is 14.6. The van der Waals surface area contributed by atoms with Gasteiger partial charge >= 0.3 is 0 Å². The van der Waals surface area contributed by atoms with Crippen molar-refractivity contribution in [2.45, 2.75) is 201 Å². The van der Waals surface area contributed by atoms with Gasteiger partial charge < -0.3 is 24.4 Å². The second kappa shape index (κ2) is 34.8. The summed E-state index contributed by atoms with van der Waals surface area (Å²) >= 11 is 1.75. The Morgan fingerprint density at radius 1 is 0.800 bits per heavy atom. The number of aliphatic hydroxyl groups excluding tert-OH is 2. The number of unbranched alkanes of at least 4 members (excludes halogenated alkanes) is 14. The molecule has 0 fully saturated rings. The Morgan fingerprint density at radius 3 is 2.04 bits per heavy atom. The average molecular weight is 792 g/mol. The number of thioether (sulfide) groups is 1. The first-order valence-electron chi connectivity index (χ1n) is 22.9. The van der Waals surface area contributed by atoms with Crippen LogP contribution in [0, 0.1) is 12.8 Å². The summed E-state index contributed by atoms with van der Waals surface area (Å²) in [4.78, 5) is 2.13. The van der Waals surface area contributed by atoms with Gasteiger partial charge in [-0.05, 0) is 133 Å². The minimum absolute atomic E-state index is 0.0843. The Kier molecular flexibility index (Phi) is 32.7. The largest absolute Gasteiger partial charge is 0.487 e. The van der Waals surface area contributed by atoms with Crippen LogP contribution in [-0.2, 0) is 11.2 Å². The smallest absolute Gasteiger partial charge is 0.199 e. The van der Waals surface area contributed by atoms with E-state index in [9.17, 15) is 10.2 Å². The molecular formula is C48H89NO5S. The van der Waals surface area contributed by atoms with Crippen LogP contribution in [0.2, 0.25) is 0 Å². The molecule has 2 rings (SSSR count). The average Bonchev–Trinajstić information content (AvgIpc) is 3.16. The van der Waals surface area contributed by atoms with Crippen molar-refractivity contribution in [3.63, 3.8) is 0 Å². The fourth-order valence-corrected chi connectivity index (χ4v) is 7.45. The van der Waals surface area contributed by atoms with Gasteiger partial charge in [-0.25, -0.2) is 0 Å². The molecule has 1 aliphatic rings. The molecule has 55 heavy (non-hydrogen) atoms. The minimum Gasteiger partial charge on any atom is -0.487 e. The van der Waals surface area contributed by atoms with Crippen molar-refractivity contribution in [3.05, 3.63) is 35.4 Å². The topological polar surface area (TPSA) is 71.4 Å². The molecule has 6 nitrogen and oxygen atoms in total. The van der Waals surface area contributed by atoms with E-state index in [1.807, 2.05) is 12.5 Å². The van der Waals surface area contributed by atoms with Crippen LogP contribution in [0.25, 0.3) is 0 Å². The van der Waals surface area contributed by atoms with E-state index in [0.717, 1.165) is 87.3 Å². The number of nitrogens with zero attached hydrogens (tertiary/aromatic N) is 1. The van der Waals surface area contributed by atoms with E-state index in [1.54, 1.807) is 11.8 Å². The fourth-order valence-electron chi connectivity index (χ4n) is 7.45. The normalized spacial score (nSPS) is 16.5. The van der Waals surface area contributed by atoms with Crippen molar-refractivity contribution in [2.75, 3.05) is 52.0 Å². The molecule has 1 aromatic rings. The molecule has 0 saturated carbocycles. The van der Waals surface area contributed by atoms with E-state index in [-0.39, 0.29) is 25.1 Å². The highest BCUT2D eigenvalue weighted by atomic mass is 32.2. The van der Waals surface area contributed by atoms with E-state index in [1.165, 1.54) is 102 Å². The molecule has 1 aromatic carbocycles. The van der Waals surface area contributed by atoms with Crippen molar-refractivity contribution in [1.82, 2.24) is 4.90 Å².